The molecule has 0 aromatic carbocycles. The lowest BCUT2D eigenvalue weighted by atomic mass is 10.0. The molecule has 3 aliphatic rings. The van der Waals surface area contributed by atoms with Crippen LogP contribution in [0.15, 0.2) is 0 Å². The lowest BCUT2D eigenvalue weighted by molar-refractivity contribution is -0.00415. The molecule has 0 spiro atoms. The second kappa shape index (κ2) is 6.79. The van der Waals surface area contributed by atoms with E-state index in [1.165, 1.54) is 75.7 Å². The molecule has 0 bridgehead atoms. The standard InChI is InChI=1S/C18H30N4S/c1-14(2)21-7-9-22(10-8-21)15-11-20(12-15)13-18-19-16-5-3-4-6-17(16)23-18/h14-15H,3-13H2,1-2H3. The van der Waals surface area contributed by atoms with Crippen molar-refractivity contribution in [3.8, 4) is 0 Å². The Morgan fingerprint density at radius 2 is 1.83 bits per heavy atom. The highest BCUT2D eigenvalue weighted by atomic mass is 32.1. The maximum atomic E-state index is 4.90. The Morgan fingerprint density at radius 1 is 1.09 bits per heavy atom. The topological polar surface area (TPSA) is 22.6 Å². The van der Waals surface area contributed by atoms with Crippen LogP contribution in [-0.4, -0.2) is 71.0 Å². The summed E-state index contributed by atoms with van der Waals surface area (Å²) in [6, 6.07) is 1.49. The van der Waals surface area contributed by atoms with Crippen LogP contribution >= 0.6 is 11.3 Å². The van der Waals surface area contributed by atoms with Crippen molar-refractivity contribution in [1.82, 2.24) is 19.7 Å². The van der Waals surface area contributed by atoms with Gasteiger partial charge in [0.05, 0.1) is 12.2 Å². The zero-order valence-electron chi connectivity index (χ0n) is 14.6. The number of nitrogens with zero attached hydrogens (tertiary/aromatic N) is 4. The van der Waals surface area contributed by atoms with Gasteiger partial charge in [-0.3, -0.25) is 14.7 Å². The summed E-state index contributed by atoms with van der Waals surface area (Å²) in [5, 5.41) is 1.36. The number of piperazine rings is 1. The first kappa shape index (κ1) is 16.0. The maximum Gasteiger partial charge on any atom is 0.107 e. The molecule has 4 nitrogen and oxygen atoms in total. The van der Waals surface area contributed by atoms with Crippen molar-refractivity contribution in [2.75, 3.05) is 39.3 Å². The van der Waals surface area contributed by atoms with E-state index in [0.29, 0.717) is 6.04 Å². The normalized spacial score (nSPS) is 24.8. The number of rotatable bonds is 4. The molecule has 0 N–H and O–H groups in total. The van der Waals surface area contributed by atoms with Crippen molar-refractivity contribution in [3.05, 3.63) is 15.6 Å². The number of thiazole rings is 1. The third kappa shape index (κ3) is 3.48. The smallest absolute Gasteiger partial charge is 0.107 e. The number of hydrogen-bond acceptors (Lipinski definition) is 5. The Kier molecular flexibility index (Phi) is 4.72. The van der Waals surface area contributed by atoms with E-state index >= 15 is 0 Å². The number of fused-ring (bicyclic) bond motifs is 1. The fraction of sp³-hybridized carbons (Fsp3) is 0.833. The van der Waals surface area contributed by atoms with Crippen molar-refractivity contribution in [1.29, 1.82) is 0 Å². The van der Waals surface area contributed by atoms with Crippen molar-refractivity contribution >= 4 is 11.3 Å². The fourth-order valence-electron chi connectivity index (χ4n) is 4.19. The van der Waals surface area contributed by atoms with Gasteiger partial charge in [-0.25, -0.2) is 4.98 Å². The van der Waals surface area contributed by atoms with Gasteiger partial charge >= 0.3 is 0 Å². The summed E-state index contributed by atoms with van der Waals surface area (Å²) >= 11 is 1.98. The maximum absolute atomic E-state index is 4.90. The molecule has 3 heterocycles. The summed E-state index contributed by atoms with van der Waals surface area (Å²) in [5.41, 5.74) is 1.41. The number of aryl methyl sites for hydroxylation is 2. The summed E-state index contributed by atoms with van der Waals surface area (Å²) in [6.45, 7) is 13.2. The van der Waals surface area contributed by atoms with E-state index in [2.05, 4.69) is 28.5 Å². The number of hydrogen-bond donors (Lipinski definition) is 0. The van der Waals surface area contributed by atoms with Gasteiger partial charge in [0.25, 0.3) is 0 Å². The van der Waals surface area contributed by atoms with Crippen LogP contribution in [0.3, 0.4) is 0 Å². The van der Waals surface area contributed by atoms with E-state index in [1.54, 1.807) is 4.88 Å². The van der Waals surface area contributed by atoms with E-state index in [4.69, 9.17) is 4.98 Å². The molecule has 0 radical (unpaired) electrons. The summed E-state index contributed by atoms with van der Waals surface area (Å²) < 4.78 is 0. The first-order valence-electron chi connectivity index (χ1n) is 9.37. The van der Waals surface area contributed by atoms with Crippen LogP contribution in [0.2, 0.25) is 0 Å². The quantitative estimate of drug-likeness (QED) is 0.842. The van der Waals surface area contributed by atoms with Gasteiger partial charge in [-0.1, -0.05) is 0 Å². The molecule has 5 heteroatoms. The lowest BCUT2D eigenvalue weighted by Crippen LogP contribution is -2.63. The van der Waals surface area contributed by atoms with Gasteiger partial charge < -0.3 is 0 Å². The largest absolute Gasteiger partial charge is 0.298 e. The highest BCUT2D eigenvalue weighted by Gasteiger charge is 2.34. The minimum Gasteiger partial charge on any atom is -0.298 e. The van der Waals surface area contributed by atoms with Gasteiger partial charge in [-0.05, 0) is 39.5 Å². The summed E-state index contributed by atoms with van der Waals surface area (Å²) in [7, 11) is 0. The van der Waals surface area contributed by atoms with Crippen LogP contribution in [0.5, 0.6) is 0 Å². The fourth-order valence-corrected chi connectivity index (χ4v) is 5.39. The molecule has 23 heavy (non-hydrogen) atoms. The summed E-state index contributed by atoms with van der Waals surface area (Å²) in [5.74, 6) is 0. The van der Waals surface area contributed by atoms with E-state index in [1.807, 2.05) is 11.3 Å². The van der Waals surface area contributed by atoms with Gasteiger partial charge in [0.1, 0.15) is 5.01 Å². The van der Waals surface area contributed by atoms with E-state index in [9.17, 15) is 0 Å². The first-order chi connectivity index (χ1) is 11.2. The van der Waals surface area contributed by atoms with Crippen molar-refractivity contribution in [2.24, 2.45) is 0 Å². The SMILES string of the molecule is CC(C)N1CCN(C2CN(Cc3nc4c(s3)CCCC4)C2)CC1. The Balaban J connectivity index is 1.23. The van der Waals surface area contributed by atoms with Crippen LogP contribution in [0, 0.1) is 0 Å². The highest BCUT2D eigenvalue weighted by Crippen LogP contribution is 2.28. The molecule has 1 aromatic rings. The van der Waals surface area contributed by atoms with Crippen LogP contribution in [-0.2, 0) is 19.4 Å². The van der Waals surface area contributed by atoms with Gasteiger partial charge in [0.2, 0.25) is 0 Å². The molecule has 0 unspecified atom stereocenters. The third-order valence-electron chi connectivity index (χ3n) is 5.78. The highest BCUT2D eigenvalue weighted by molar-refractivity contribution is 7.11. The molecule has 128 valence electrons. The Hall–Kier alpha value is -0.490. The second-order valence-electron chi connectivity index (χ2n) is 7.70. The third-order valence-corrected chi connectivity index (χ3v) is 6.92. The van der Waals surface area contributed by atoms with Gasteiger partial charge in [-0.2, -0.15) is 0 Å². The van der Waals surface area contributed by atoms with E-state index in [-0.39, 0.29) is 0 Å². The molecule has 0 saturated carbocycles. The molecule has 1 aliphatic carbocycles. The molecule has 2 saturated heterocycles. The average Bonchev–Trinajstić information content (AvgIpc) is 2.93. The lowest BCUT2D eigenvalue weighted by Gasteiger charge is -2.48. The molecule has 2 fully saturated rings. The molecule has 4 rings (SSSR count). The predicted octanol–water partition coefficient (Wildman–Crippen LogP) is 2.23. The Labute approximate surface area is 144 Å². The van der Waals surface area contributed by atoms with Gasteiger partial charge in [-0.15, -0.1) is 11.3 Å². The van der Waals surface area contributed by atoms with Crippen LogP contribution in [0.4, 0.5) is 0 Å². The van der Waals surface area contributed by atoms with E-state index in [0.717, 1.165) is 12.6 Å². The van der Waals surface area contributed by atoms with Crippen LogP contribution < -0.4 is 0 Å². The monoisotopic (exact) mass is 334 g/mol. The molecule has 0 amide bonds. The minimum absolute atomic E-state index is 0.700. The zero-order chi connectivity index (χ0) is 15.8. The zero-order valence-corrected chi connectivity index (χ0v) is 15.4. The Morgan fingerprint density at radius 3 is 2.52 bits per heavy atom. The molecule has 2 aliphatic heterocycles. The van der Waals surface area contributed by atoms with E-state index < -0.39 is 0 Å². The van der Waals surface area contributed by atoms with Crippen molar-refractivity contribution < 1.29 is 0 Å². The summed E-state index contributed by atoms with van der Waals surface area (Å²) in [6.07, 6.45) is 5.19. The molecular weight excluding hydrogens is 304 g/mol. The first-order valence-corrected chi connectivity index (χ1v) is 10.2. The molecule has 1 aromatic heterocycles. The van der Waals surface area contributed by atoms with Gasteiger partial charge in [0, 0.05) is 56.2 Å². The predicted molar refractivity (Wildman–Crippen MR) is 96.1 cm³/mol. The number of aromatic nitrogens is 1. The minimum atomic E-state index is 0.700. The Bertz CT molecular complexity index is 504. The molecular formula is C18H30N4S. The summed E-state index contributed by atoms with van der Waals surface area (Å²) in [4.78, 5) is 14.4. The molecule has 0 atom stereocenters. The average molecular weight is 335 g/mol. The van der Waals surface area contributed by atoms with Crippen LogP contribution in [0.1, 0.15) is 42.3 Å². The van der Waals surface area contributed by atoms with Crippen LogP contribution in [0.25, 0.3) is 0 Å². The van der Waals surface area contributed by atoms with Crippen molar-refractivity contribution in [2.45, 2.75) is 58.2 Å². The second-order valence-corrected chi connectivity index (χ2v) is 8.87. The number of likely N-dealkylation sites (tertiary alicyclic amines) is 1. The van der Waals surface area contributed by atoms with Crippen molar-refractivity contribution in [3.63, 3.8) is 0 Å². The van der Waals surface area contributed by atoms with Gasteiger partial charge in [0.15, 0.2) is 0 Å².